The first-order valence-corrected chi connectivity index (χ1v) is 13.3. The molecule has 2 aromatic heterocycles. The number of ether oxygens (including phenoxy) is 2. The average Bonchev–Trinajstić information content (AvgIpc) is 3.21. The Morgan fingerprint density at radius 3 is 2.54 bits per heavy atom. The Bertz CT molecular complexity index is 1580. The van der Waals surface area contributed by atoms with Gasteiger partial charge in [0.05, 0.1) is 22.6 Å². The molecule has 0 aliphatic carbocycles. The quantitative estimate of drug-likeness (QED) is 0.268. The van der Waals surface area contributed by atoms with Gasteiger partial charge in [-0.15, -0.1) is 0 Å². The second kappa shape index (κ2) is 12.0. The maximum Gasteiger partial charge on any atom is 0.414 e. The van der Waals surface area contributed by atoms with Gasteiger partial charge in [-0.05, 0) is 53.1 Å². The van der Waals surface area contributed by atoms with Crippen LogP contribution in [0.3, 0.4) is 0 Å². The molecule has 11 nitrogen and oxygen atoms in total. The van der Waals surface area contributed by atoms with Crippen molar-refractivity contribution >= 4 is 52.0 Å². The summed E-state index contributed by atoms with van der Waals surface area (Å²) in [4.78, 5) is 37.3. The van der Waals surface area contributed by atoms with E-state index in [1.165, 1.54) is 11.1 Å². The summed E-state index contributed by atoms with van der Waals surface area (Å²) in [7, 11) is 5.74. The summed E-state index contributed by atoms with van der Waals surface area (Å²) < 4.78 is 13.0. The minimum absolute atomic E-state index is 0.0651. The molecule has 0 aliphatic rings. The number of carbonyl (C=O) groups is 2. The maximum atomic E-state index is 13.1. The van der Waals surface area contributed by atoms with Crippen LogP contribution < -0.4 is 20.7 Å². The third kappa shape index (κ3) is 7.24. The van der Waals surface area contributed by atoms with Gasteiger partial charge in [-0.25, -0.2) is 19.6 Å². The van der Waals surface area contributed by atoms with Gasteiger partial charge < -0.3 is 30.0 Å². The van der Waals surface area contributed by atoms with Crippen LogP contribution >= 0.6 is 11.6 Å². The van der Waals surface area contributed by atoms with E-state index in [9.17, 15) is 9.59 Å². The molecule has 0 saturated heterocycles. The summed E-state index contributed by atoms with van der Waals surface area (Å²) in [6.07, 6.45) is 1.88. The molecule has 2 heterocycles. The van der Waals surface area contributed by atoms with E-state index in [0.717, 1.165) is 16.5 Å². The lowest BCUT2D eigenvalue weighted by Crippen LogP contribution is -2.40. The van der Waals surface area contributed by atoms with E-state index in [1.54, 1.807) is 39.0 Å². The van der Waals surface area contributed by atoms with Gasteiger partial charge in [-0.3, -0.25) is 4.90 Å². The van der Waals surface area contributed by atoms with E-state index in [1.807, 2.05) is 61.1 Å². The Balaban J connectivity index is 1.70. The third-order valence-corrected chi connectivity index (χ3v) is 6.27. The van der Waals surface area contributed by atoms with Gasteiger partial charge in [-0.1, -0.05) is 29.8 Å². The molecular weight excluding hydrogens is 546 g/mol. The van der Waals surface area contributed by atoms with Crippen molar-refractivity contribution in [3.8, 4) is 17.0 Å². The number of fused-ring (bicyclic) bond motifs is 1. The smallest absolute Gasteiger partial charge is 0.414 e. The number of amides is 2. The van der Waals surface area contributed by atoms with E-state index in [4.69, 9.17) is 26.8 Å². The number of anilines is 3. The van der Waals surface area contributed by atoms with Crippen LogP contribution in [0.15, 0.2) is 54.9 Å². The summed E-state index contributed by atoms with van der Waals surface area (Å²) in [5.74, 6) is 0.335. The van der Waals surface area contributed by atoms with Crippen molar-refractivity contribution in [2.45, 2.75) is 26.4 Å². The molecule has 0 radical (unpaired) electrons. The normalized spacial score (nSPS) is 11.5. The lowest BCUT2D eigenvalue weighted by Gasteiger charge is -2.29. The number of hydrogen-bond donors (Lipinski definition) is 2. The van der Waals surface area contributed by atoms with Crippen molar-refractivity contribution < 1.29 is 19.1 Å². The summed E-state index contributed by atoms with van der Waals surface area (Å²) in [5.41, 5.74) is 7.93. The monoisotopic (exact) mass is 579 g/mol. The van der Waals surface area contributed by atoms with Crippen molar-refractivity contribution in [2.75, 3.05) is 37.4 Å². The van der Waals surface area contributed by atoms with E-state index in [0.29, 0.717) is 28.6 Å². The molecule has 4 aromatic rings. The number of halogens is 1. The molecule has 41 heavy (non-hydrogen) atoms. The molecule has 216 valence electrons. The topological polar surface area (TPSA) is 128 Å². The molecule has 0 bridgehead atoms. The number of hydrogen-bond acceptors (Lipinski definition) is 8. The number of para-hydroxylation sites is 1. The number of primary amides is 1. The molecule has 0 saturated carbocycles. The van der Waals surface area contributed by atoms with Crippen LogP contribution in [0.1, 0.15) is 20.8 Å². The van der Waals surface area contributed by atoms with Gasteiger partial charge in [0.1, 0.15) is 5.60 Å². The lowest BCUT2D eigenvalue weighted by atomic mass is 10.1. The molecule has 2 aromatic carbocycles. The summed E-state index contributed by atoms with van der Waals surface area (Å²) in [6.45, 7) is 6.15. The Hall–Kier alpha value is -4.35. The highest BCUT2D eigenvalue weighted by Gasteiger charge is 2.27. The highest BCUT2D eigenvalue weighted by molar-refractivity contribution is 6.33. The van der Waals surface area contributed by atoms with Crippen molar-refractivity contribution in [3.63, 3.8) is 0 Å². The number of carbonyl (C=O) groups excluding carboxylic acids is 2. The van der Waals surface area contributed by atoms with E-state index in [-0.39, 0.29) is 18.2 Å². The van der Waals surface area contributed by atoms with Gasteiger partial charge in [-0.2, -0.15) is 0 Å². The van der Waals surface area contributed by atoms with Gasteiger partial charge in [0, 0.05) is 54.6 Å². The van der Waals surface area contributed by atoms with Crippen molar-refractivity contribution in [1.82, 2.24) is 19.4 Å². The minimum Gasteiger partial charge on any atom is -0.443 e. The van der Waals surface area contributed by atoms with Crippen LogP contribution in [0.4, 0.5) is 26.9 Å². The molecule has 0 aliphatic heterocycles. The van der Waals surface area contributed by atoms with Gasteiger partial charge in [0.2, 0.25) is 5.95 Å². The molecule has 3 N–H and O–H groups in total. The van der Waals surface area contributed by atoms with Crippen molar-refractivity contribution in [1.29, 1.82) is 0 Å². The highest BCUT2D eigenvalue weighted by Crippen LogP contribution is 2.36. The first-order chi connectivity index (χ1) is 19.3. The fourth-order valence-electron chi connectivity index (χ4n) is 4.21. The molecule has 0 fully saturated rings. The van der Waals surface area contributed by atoms with Crippen LogP contribution in [-0.2, 0) is 11.8 Å². The molecule has 2 amide bonds. The van der Waals surface area contributed by atoms with Gasteiger partial charge >= 0.3 is 12.2 Å². The lowest BCUT2D eigenvalue weighted by molar-refractivity contribution is 0.0577. The molecule has 4 rings (SSSR count). The Kier molecular flexibility index (Phi) is 8.69. The zero-order valence-corrected chi connectivity index (χ0v) is 24.7. The number of likely N-dealkylation sites (N-methyl/N-ethyl adjacent to an activating group) is 1. The number of nitrogens with one attached hydrogen (secondary N) is 1. The second-order valence-corrected chi connectivity index (χ2v) is 11.1. The Morgan fingerprint density at radius 1 is 1.12 bits per heavy atom. The van der Waals surface area contributed by atoms with Crippen LogP contribution in [0.5, 0.6) is 5.75 Å². The minimum atomic E-state index is -1.03. The largest absolute Gasteiger partial charge is 0.443 e. The number of rotatable bonds is 8. The predicted octanol–water partition coefficient (Wildman–Crippen LogP) is 5.79. The SMILES string of the molecule is CN(C)CCN(C(=O)OC(C)(C)C)c1ccc(Nc2ncc(Cl)c(-c3cn(C)c4ccccc34)n2)cc1OC(N)=O. The van der Waals surface area contributed by atoms with E-state index >= 15 is 0 Å². The number of nitrogens with zero attached hydrogens (tertiary/aromatic N) is 5. The second-order valence-electron chi connectivity index (χ2n) is 10.7. The summed E-state index contributed by atoms with van der Waals surface area (Å²) in [5, 5.41) is 4.53. The number of benzene rings is 2. The van der Waals surface area contributed by atoms with Crippen molar-refractivity contribution in [3.05, 3.63) is 59.9 Å². The molecule has 0 unspecified atom stereocenters. The fraction of sp³-hybridized carbons (Fsp3) is 0.310. The predicted molar refractivity (Wildman–Crippen MR) is 161 cm³/mol. The van der Waals surface area contributed by atoms with Crippen LogP contribution in [0.2, 0.25) is 5.02 Å². The van der Waals surface area contributed by atoms with Crippen LogP contribution in [-0.4, -0.2) is 64.4 Å². The molecule has 12 heteroatoms. The average molecular weight is 580 g/mol. The van der Waals surface area contributed by atoms with Gasteiger partial charge in [0.25, 0.3) is 0 Å². The Morgan fingerprint density at radius 2 is 1.85 bits per heavy atom. The Labute approximate surface area is 243 Å². The number of aromatic nitrogens is 3. The van der Waals surface area contributed by atoms with Crippen molar-refractivity contribution in [2.24, 2.45) is 12.8 Å². The van der Waals surface area contributed by atoms with E-state index < -0.39 is 17.8 Å². The van der Waals surface area contributed by atoms with Crippen LogP contribution in [0.25, 0.3) is 22.2 Å². The zero-order chi connectivity index (χ0) is 29.9. The maximum absolute atomic E-state index is 13.1. The van der Waals surface area contributed by atoms with Crippen LogP contribution in [0, 0.1) is 0 Å². The summed E-state index contributed by atoms with van der Waals surface area (Å²) >= 11 is 6.52. The number of nitrogens with two attached hydrogens (primary N) is 1. The summed E-state index contributed by atoms with van der Waals surface area (Å²) in [6, 6.07) is 12.9. The zero-order valence-electron chi connectivity index (χ0n) is 23.9. The first-order valence-electron chi connectivity index (χ1n) is 12.9. The standard InChI is InChI=1S/C29H34ClN7O4/c1-29(2,3)41-28(39)37(14-13-35(4)5)23-12-11-18(15-24(23)40-26(31)38)33-27-32-16-21(30)25(34-27)20-17-36(6)22-10-8-7-9-19(20)22/h7-12,15-17H,13-14H2,1-6H3,(H2,31,38)(H,32,33,34). The molecule has 0 spiro atoms. The third-order valence-electron chi connectivity index (χ3n) is 6.00. The number of aryl methyl sites for hydroxylation is 1. The van der Waals surface area contributed by atoms with E-state index in [2.05, 4.69) is 15.3 Å². The first kappa shape index (κ1) is 29.6. The van der Waals surface area contributed by atoms with Gasteiger partial charge in [0.15, 0.2) is 5.75 Å². The highest BCUT2D eigenvalue weighted by atomic mass is 35.5. The molecule has 0 atom stereocenters. The molecular formula is C29H34ClN7O4. The fourth-order valence-corrected chi connectivity index (χ4v) is 4.40.